The molecule has 0 radical (unpaired) electrons. The topological polar surface area (TPSA) is 57.0 Å². The third-order valence-electron chi connectivity index (χ3n) is 2.20. The Bertz CT molecular complexity index is 389. The summed E-state index contributed by atoms with van der Waals surface area (Å²) in [7, 11) is 3.92. The molecule has 0 spiro atoms. The Kier molecular flexibility index (Phi) is 5.87. The van der Waals surface area contributed by atoms with Crippen molar-refractivity contribution in [2.75, 3.05) is 33.9 Å². The van der Waals surface area contributed by atoms with E-state index < -0.39 is 11.9 Å². The molecule has 18 heavy (non-hydrogen) atoms. The molecule has 0 bridgehead atoms. The Morgan fingerprint density at radius 1 is 1.11 bits per heavy atom. The third kappa shape index (κ3) is 5.45. The molecule has 0 fully saturated rings. The molecule has 0 unspecified atom stereocenters. The number of hydrogen-bond donors (Lipinski definition) is 1. The largest absolute Gasteiger partial charge is 0.457 e. The van der Waals surface area contributed by atoms with Gasteiger partial charge in [-0.05, 0) is 12.1 Å². The van der Waals surface area contributed by atoms with E-state index in [0.29, 0.717) is 12.2 Å². The van der Waals surface area contributed by atoms with Crippen molar-refractivity contribution in [2.24, 2.45) is 0 Å². The standard InChI is InChI=1S/C13H17NO4/c1-14(2)8-9-17-12(15)10-18-13(16)11-6-4-3-5-7-11/h3-7H,8-10H2,1-2H3/p+1. The van der Waals surface area contributed by atoms with Crippen LogP contribution in [0.1, 0.15) is 10.4 Å². The highest BCUT2D eigenvalue weighted by atomic mass is 16.6. The van der Waals surface area contributed by atoms with Gasteiger partial charge in [0, 0.05) is 0 Å². The van der Waals surface area contributed by atoms with Crippen LogP contribution in [0.3, 0.4) is 0 Å². The zero-order valence-electron chi connectivity index (χ0n) is 10.6. The van der Waals surface area contributed by atoms with Crippen LogP contribution in [0.15, 0.2) is 30.3 Å². The normalized spacial score (nSPS) is 10.2. The van der Waals surface area contributed by atoms with Crippen molar-refractivity contribution < 1.29 is 24.0 Å². The first-order chi connectivity index (χ1) is 8.59. The molecule has 5 nitrogen and oxygen atoms in total. The first kappa shape index (κ1) is 14.2. The summed E-state index contributed by atoms with van der Waals surface area (Å²) in [4.78, 5) is 23.9. The summed E-state index contributed by atoms with van der Waals surface area (Å²) in [5.41, 5.74) is 0.419. The number of rotatable bonds is 6. The van der Waals surface area contributed by atoms with Crippen LogP contribution in [0, 0.1) is 0 Å². The van der Waals surface area contributed by atoms with E-state index in [1.165, 1.54) is 4.90 Å². The summed E-state index contributed by atoms with van der Waals surface area (Å²) in [6, 6.07) is 8.52. The highest BCUT2D eigenvalue weighted by Gasteiger charge is 2.10. The second-order valence-electron chi connectivity index (χ2n) is 4.12. The fourth-order valence-corrected chi connectivity index (χ4v) is 1.19. The van der Waals surface area contributed by atoms with E-state index in [1.54, 1.807) is 30.3 Å². The summed E-state index contributed by atoms with van der Waals surface area (Å²) < 4.78 is 9.73. The second kappa shape index (κ2) is 7.45. The van der Waals surface area contributed by atoms with Crippen LogP contribution in [-0.2, 0) is 14.3 Å². The van der Waals surface area contributed by atoms with Gasteiger partial charge >= 0.3 is 11.9 Å². The fraction of sp³-hybridized carbons (Fsp3) is 0.385. The molecule has 1 N–H and O–H groups in total. The lowest BCUT2D eigenvalue weighted by Gasteiger charge is -2.08. The Labute approximate surface area is 106 Å². The lowest BCUT2D eigenvalue weighted by Crippen LogP contribution is -3.06. The van der Waals surface area contributed by atoms with E-state index in [1.807, 2.05) is 14.1 Å². The average Bonchev–Trinajstić information content (AvgIpc) is 2.36. The summed E-state index contributed by atoms with van der Waals surface area (Å²) in [6.07, 6.45) is 0. The van der Waals surface area contributed by atoms with Crippen molar-refractivity contribution in [1.82, 2.24) is 0 Å². The Hall–Kier alpha value is -1.88. The molecule has 5 heteroatoms. The molecule has 0 saturated carbocycles. The summed E-state index contributed by atoms with van der Waals surface area (Å²) in [5, 5.41) is 0. The van der Waals surface area contributed by atoms with Crippen LogP contribution in [0.4, 0.5) is 0 Å². The minimum atomic E-state index is -0.527. The van der Waals surface area contributed by atoms with Crippen LogP contribution in [0.25, 0.3) is 0 Å². The monoisotopic (exact) mass is 252 g/mol. The van der Waals surface area contributed by atoms with Crippen molar-refractivity contribution in [1.29, 1.82) is 0 Å². The van der Waals surface area contributed by atoms with Gasteiger partial charge in [-0.25, -0.2) is 9.59 Å². The van der Waals surface area contributed by atoms with Gasteiger partial charge in [-0.1, -0.05) is 18.2 Å². The molecule has 1 aromatic rings. The Morgan fingerprint density at radius 3 is 2.39 bits per heavy atom. The van der Waals surface area contributed by atoms with Crippen LogP contribution >= 0.6 is 0 Å². The molecule has 0 atom stereocenters. The van der Waals surface area contributed by atoms with Gasteiger partial charge in [-0.2, -0.15) is 0 Å². The van der Waals surface area contributed by atoms with E-state index in [4.69, 9.17) is 9.47 Å². The van der Waals surface area contributed by atoms with E-state index in [0.717, 1.165) is 6.54 Å². The Balaban J connectivity index is 2.24. The molecule has 0 aliphatic heterocycles. The van der Waals surface area contributed by atoms with Gasteiger partial charge in [0.05, 0.1) is 19.7 Å². The highest BCUT2D eigenvalue weighted by Crippen LogP contribution is 2.00. The van der Waals surface area contributed by atoms with Crippen LogP contribution < -0.4 is 4.90 Å². The van der Waals surface area contributed by atoms with Crippen molar-refractivity contribution in [3.63, 3.8) is 0 Å². The number of esters is 2. The van der Waals surface area contributed by atoms with Gasteiger partial charge in [0.2, 0.25) is 0 Å². The zero-order chi connectivity index (χ0) is 13.4. The summed E-state index contributed by atoms with van der Waals surface area (Å²) in [5.74, 6) is -1.05. The number of quaternary nitrogens is 1. The number of nitrogens with one attached hydrogen (secondary N) is 1. The quantitative estimate of drug-likeness (QED) is 0.696. The van der Waals surface area contributed by atoms with E-state index in [-0.39, 0.29) is 6.61 Å². The predicted molar refractivity (Wildman–Crippen MR) is 65.4 cm³/mol. The lowest BCUT2D eigenvalue weighted by molar-refractivity contribution is -0.858. The van der Waals surface area contributed by atoms with Gasteiger partial charge in [0.1, 0.15) is 13.2 Å². The van der Waals surface area contributed by atoms with Gasteiger partial charge in [-0.3, -0.25) is 0 Å². The minimum Gasteiger partial charge on any atom is -0.457 e. The van der Waals surface area contributed by atoms with Crippen molar-refractivity contribution in [3.05, 3.63) is 35.9 Å². The first-order valence-corrected chi connectivity index (χ1v) is 5.76. The number of carbonyl (C=O) groups is 2. The summed E-state index contributed by atoms with van der Waals surface area (Å²) >= 11 is 0. The zero-order valence-corrected chi connectivity index (χ0v) is 10.6. The maximum atomic E-state index is 11.5. The number of benzene rings is 1. The molecule has 1 aromatic carbocycles. The van der Waals surface area contributed by atoms with Gasteiger partial charge in [0.15, 0.2) is 6.61 Å². The molecule has 0 aliphatic carbocycles. The van der Waals surface area contributed by atoms with Gasteiger partial charge in [0.25, 0.3) is 0 Å². The smallest absolute Gasteiger partial charge is 0.344 e. The number of likely N-dealkylation sites (N-methyl/N-ethyl adjacent to an activating group) is 1. The average molecular weight is 252 g/mol. The maximum Gasteiger partial charge on any atom is 0.344 e. The third-order valence-corrected chi connectivity index (χ3v) is 2.20. The molecule has 0 amide bonds. The maximum absolute atomic E-state index is 11.5. The minimum absolute atomic E-state index is 0.323. The second-order valence-corrected chi connectivity index (χ2v) is 4.12. The SMILES string of the molecule is C[NH+](C)CCOC(=O)COC(=O)c1ccccc1. The van der Waals surface area contributed by atoms with E-state index in [2.05, 4.69) is 0 Å². The van der Waals surface area contributed by atoms with E-state index in [9.17, 15) is 9.59 Å². The molecular weight excluding hydrogens is 234 g/mol. The van der Waals surface area contributed by atoms with Crippen molar-refractivity contribution >= 4 is 11.9 Å². The van der Waals surface area contributed by atoms with Gasteiger partial charge < -0.3 is 14.4 Å². The molecule has 0 aromatic heterocycles. The fourth-order valence-electron chi connectivity index (χ4n) is 1.19. The van der Waals surface area contributed by atoms with Gasteiger partial charge in [-0.15, -0.1) is 0 Å². The molecule has 0 aliphatic rings. The summed E-state index contributed by atoms with van der Waals surface area (Å²) in [6.45, 7) is 0.693. The van der Waals surface area contributed by atoms with Crippen LogP contribution in [0.2, 0.25) is 0 Å². The van der Waals surface area contributed by atoms with E-state index >= 15 is 0 Å². The predicted octanol–water partition coefficient (Wildman–Crippen LogP) is -0.469. The molecule has 0 saturated heterocycles. The number of carbonyl (C=O) groups excluding carboxylic acids is 2. The first-order valence-electron chi connectivity index (χ1n) is 5.76. The lowest BCUT2D eigenvalue weighted by atomic mass is 10.2. The molecule has 98 valence electrons. The number of ether oxygens (including phenoxy) is 2. The molecule has 1 rings (SSSR count). The van der Waals surface area contributed by atoms with Crippen molar-refractivity contribution in [2.45, 2.75) is 0 Å². The van der Waals surface area contributed by atoms with Crippen LogP contribution in [-0.4, -0.2) is 45.8 Å². The highest BCUT2D eigenvalue weighted by molar-refractivity contribution is 5.90. The Morgan fingerprint density at radius 2 is 1.78 bits per heavy atom. The number of hydrogen-bond acceptors (Lipinski definition) is 4. The van der Waals surface area contributed by atoms with Crippen molar-refractivity contribution in [3.8, 4) is 0 Å². The molecular formula is C13H18NO4+. The van der Waals surface area contributed by atoms with Crippen LogP contribution in [0.5, 0.6) is 0 Å². The molecule has 0 heterocycles.